The minimum atomic E-state index is -0.692. The first-order chi connectivity index (χ1) is 8.16. The molecule has 17 heavy (non-hydrogen) atoms. The van der Waals surface area contributed by atoms with Gasteiger partial charge in [0.25, 0.3) is 5.91 Å². The summed E-state index contributed by atoms with van der Waals surface area (Å²) in [6, 6.07) is 7.39. The van der Waals surface area contributed by atoms with Crippen molar-refractivity contribution in [1.82, 2.24) is 9.97 Å². The van der Waals surface area contributed by atoms with Gasteiger partial charge in [0.1, 0.15) is 10.3 Å². The van der Waals surface area contributed by atoms with E-state index in [9.17, 15) is 9.18 Å². The van der Waals surface area contributed by atoms with Crippen molar-refractivity contribution in [1.29, 1.82) is 0 Å². The van der Waals surface area contributed by atoms with Gasteiger partial charge in [-0.2, -0.15) is 4.39 Å². The van der Waals surface area contributed by atoms with E-state index in [0.717, 1.165) is 0 Å². The number of carbonyl (C=O) groups is 1. The summed E-state index contributed by atoms with van der Waals surface area (Å²) in [5.41, 5.74) is 0.518. The molecule has 0 aliphatic heterocycles. The molecule has 0 saturated carbocycles. The topological polar surface area (TPSA) is 54.9 Å². The molecule has 2 aromatic heterocycles. The molecule has 86 valence electrons. The average Bonchev–Trinajstić information content (AvgIpc) is 2.32. The Hall–Kier alpha value is -1.82. The second-order valence-electron chi connectivity index (χ2n) is 3.14. The first-order valence-electron chi connectivity index (χ1n) is 4.71. The number of rotatable bonds is 2. The highest BCUT2D eigenvalue weighted by molar-refractivity contribution is 9.10. The normalized spacial score (nSPS) is 10.0. The van der Waals surface area contributed by atoms with Gasteiger partial charge in [0.05, 0.1) is 5.69 Å². The van der Waals surface area contributed by atoms with Crippen LogP contribution in [0.25, 0.3) is 0 Å². The third kappa shape index (κ3) is 2.85. The zero-order valence-electron chi connectivity index (χ0n) is 8.52. The Kier molecular flexibility index (Phi) is 3.43. The van der Waals surface area contributed by atoms with Crippen molar-refractivity contribution in [3.05, 3.63) is 52.8 Å². The Morgan fingerprint density at radius 2 is 2.12 bits per heavy atom. The van der Waals surface area contributed by atoms with Gasteiger partial charge < -0.3 is 5.32 Å². The minimum Gasteiger partial charge on any atom is -0.318 e. The first kappa shape index (κ1) is 11.7. The van der Waals surface area contributed by atoms with Crippen LogP contribution in [0.5, 0.6) is 0 Å². The molecule has 1 N–H and O–H groups in total. The van der Waals surface area contributed by atoms with Gasteiger partial charge >= 0.3 is 0 Å². The number of nitrogens with zero attached hydrogens (tertiary/aromatic N) is 2. The van der Waals surface area contributed by atoms with E-state index in [1.807, 2.05) is 0 Å². The molecule has 0 atom stereocenters. The third-order valence-corrected chi connectivity index (χ3v) is 2.59. The van der Waals surface area contributed by atoms with Gasteiger partial charge in [-0.25, -0.2) is 9.97 Å². The maximum atomic E-state index is 12.8. The van der Waals surface area contributed by atoms with Crippen molar-refractivity contribution in [3.63, 3.8) is 0 Å². The lowest BCUT2D eigenvalue weighted by Crippen LogP contribution is -2.14. The Labute approximate surface area is 105 Å². The summed E-state index contributed by atoms with van der Waals surface area (Å²) in [6.45, 7) is 0. The molecule has 2 heterocycles. The number of hydrogen-bond donors (Lipinski definition) is 1. The maximum Gasteiger partial charge on any atom is 0.274 e. The summed E-state index contributed by atoms with van der Waals surface area (Å²) in [4.78, 5) is 19.2. The van der Waals surface area contributed by atoms with Crippen LogP contribution in [0.2, 0.25) is 0 Å². The molecule has 0 aliphatic rings. The highest BCUT2D eigenvalue weighted by Gasteiger charge is 2.10. The van der Waals surface area contributed by atoms with Crippen molar-refractivity contribution in [2.75, 3.05) is 5.32 Å². The summed E-state index contributed by atoms with van der Waals surface area (Å²) in [6.07, 6.45) is 1.58. The van der Waals surface area contributed by atoms with Gasteiger partial charge in [-0.05, 0) is 40.2 Å². The number of aromatic nitrogens is 2. The van der Waals surface area contributed by atoms with Crippen molar-refractivity contribution < 1.29 is 9.18 Å². The van der Waals surface area contributed by atoms with Crippen LogP contribution in [0.15, 0.2) is 41.1 Å². The number of carbonyl (C=O) groups excluding carboxylic acids is 1. The number of pyridine rings is 2. The fourth-order valence-corrected chi connectivity index (χ4v) is 1.55. The zero-order valence-corrected chi connectivity index (χ0v) is 10.1. The van der Waals surface area contributed by atoms with E-state index in [-0.39, 0.29) is 5.69 Å². The van der Waals surface area contributed by atoms with E-state index in [1.165, 1.54) is 18.2 Å². The fourth-order valence-electron chi connectivity index (χ4n) is 1.20. The standard InChI is InChI=1S/C11H7BrFN3O/c12-10-7(4-2-6-14-10)16-11(17)8-3-1-5-9(13)15-8/h1-6H,(H,16,17). The van der Waals surface area contributed by atoms with E-state index in [0.29, 0.717) is 10.3 Å². The summed E-state index contributed by atoms with van der Waals surface area (Å²) >= 11 is 3.19. The molecule has 2 rings (SSSR count). The first-order valence-corrected chi connectivity index (χ1v) is 5.50. The summed E-state index contributed by atoms with van der Waals surface area (Å²) in [7, 11) is 0. The van der Waals surface area contributed by atoms with E-state index < -0.39 is 11.9 Å². The summed E-state index contributed by atoms with van der Waals surface area (Å²) in [5.74, 6) is -1.18. The van der Waals surface area contributed by atoms with Crippen LogP contribution in [0.3, 0.4) is 0 Å². The Bertz CT molecular complexity index is 562. The Balaban J connectivity index is 2.20. The number of halogens is 2. The molecule has 0 saturated heterocycles. The molecule has 0 bridgehead atoms. The molecular formula is C11H7BrFN3O. The SMILES string of the molecule is O=C(Nc1cccnc1Br)c1cccc(F)n1. The van der Waals surface area contributed by atoms with Gasteiger partial charge in [-0.15, -0.1) is 0 Å². The van der Waals surface area contributed by atoms with Gasteiger partial charge in [-0.3, -0.25) is 4.79 Å². The zero-order chi connectivity index (χ0) is 12.3. The molecule has 2 aromatic rings. The van der Waals surface area contributed by atoms with Crippen LogP contribution < -0.4 is 5.32 Å². The van der Waals surface area contributed by atoms with Crippen molar-refractivity contribution in [2.24, 2.45) is 0 Å². The lowest BCUT2D eigenvalue weighted by atomic mass is 10.3. The second-order valence-corrected chi connectivity index (χ2v) is 3.89. The van der Waals surface area contributed by atoms with Crippen LogP contribution in [0, 0.1) is 5.95 Å². The smallest absolute Gasteiger partial charge is 0.274 e. The maximum absolute atomic E-state index is 12.8. The minimum absolute atomic E-state index is 0.0146. The van der Waals surface area contributed by atoms with E-state index in [4.69, 9.17) is 0 Å². The molecule has 6 heteroatoms. The Morgan fingerprint density at radius 1 is 1.29 bits per heavy atom. The molecule has 0 spiro atoms. The predicted octanol–water partition coefficient (Wildman–Crippen LogP) is 2.63. The predicted molar refractivity (Wildman–Crippen MR) is 64.1 cm³/mol. The third-order valence-electron chi connectivity index (χ3n) is 1.96. The molecule has 4 nitrogen and oxygen atoms in total. The number of amides is 1. The molecular weight excluding hydrogens is 289 g/mol. The van der Waals surface area contributed by atoms with Gasteiger partial charge in [0, 0.05) is 6.20 Å². The number of hydrogen-bond acceptors (Lipinski definition) is 3. The van der Waals surface area contributed by atoms with Crippen molar-refractivity contribution >= 4 is 27.5 Å². The molecule has 0 unspecified atom stereocenters. The van der Waals surface area contributed by atoms with Crippen molar-refractivity contribution in [2.45, 2.75) is 0 Å². The van der Waals surface area contributed by atoms with Crippen molar-refractivity contribution in [3.8, 4) is 0 Å². The van der Waals surface area contributed by atoms with E-state index in [1.54, 1.807) is 18.3 Å². The van der Waals surface area contributed by atoms with Crippen LogP contribution in [-0.2, 0) is 0 Å². The van der Waals surface area contributed by atoms with Crippen LogP contribution in [0.1, 0.15) is 10.5 Å². The largest absolute Gasteiger partial charge is 0.318 e. The van der Waals surface area contributed by atoms with Crippen LogP contribution in [0.4, 0.5) is 10.1 Å². The van der Waals surface area contributed by atoms with Gasteiger partial charge in [-0.1, -0.05) is 6.07 Å². The second kappa shape index (κ2) is 5.01. The average molecular weight is 296 g/mol. The highest BCUT2D eigenvalue weighted by Crippen LogP contribution is 2.18. The number of anilines is 1. The highest BCUT2D eigenvalue weighted by atomic mass is 79.9. The lowest BCUT2D eigenvalue weighted by Gasteiger charge is -2.05. The monoisotopic (exact) mass is 295 g/mol. The summed E-state index contributed by atoms with van der Waals surface area (Å²) in [5, 5.41) is 2.58. The fraction of sp³-hybridized carbons (Fsp3) is 0. The van der Waals surface area contributed by atoms with Gasteiger partial charge in [0.2, 0.25) is 5.95 Å². The summed E-state index contributed by atoms with van der Waals surface area (Å²) < 4.78 is 13.3. The number of nitrogens with one attached hydrogen (secondary N) is 1. The Morgan fingerprint density at radius 3 is 2.82 bits per heavy atom. The van der Waals surface area contributed by atoms with Crippen LogP contribution in [-0.4, -0.2) is 15.9 Å². The van der Waals surface area contributed by atoms with E-state index >= 15 is 0 Å². The lowest BCUT2D eigenvalue weighted by molar-refractivity contribution is 0.102. The van der Waals surface area contributed by atoms with Crippen LogP contribution >= 0.6 is 15.9 Å². The molecule has 0 fully saturated rings. The van der Waals surface area contributed by atoms with Gasteiger partial charge in [0.15, 0.2) is 0 Å². The molecule has 0 aliphatic carbocycles. The quantitative estimate of drug-likeness (QED) is 0.867. The molecule has 1 amide bonds. The molecule has 0 radical (unpaired) electrons. The van der Waals surface area contributed by atoms with E-state index in [2.05, 4.69) is 31.2 Å². The molecule has 0 aromatic carbocycles.